The molecule has 4 amide bonds. The minimum atomic E-state index is -0.974. The van der Waals surface area contributed by atoms with Gasteiger partial charge in [-0.25, -0.2) is 4.79 Å². The van der Waals surface area contributed by atoms with Gasteiger partial charge in [-0.05, 0) is 81.0 Å². The number of nitrogens with one attached hydrogen (secondary N) is 1. The molecule has 2 fully saturated rings. The number of rotatable bonds is 14. The number of benzene rings is 4. The lowest BCUT2D eigenvalue weighted by molar-refractivity contribution is -0.137. The number of carboxylic acid groups (broad SMARTS) is 1. The van der Waals surface area contributed by atoms with E-state index in [9.17, 15) is 29.1 Å². The Labute approximate surface area is 381 Å². The van der Waals surface area contributed by atoms with Crippen molar-refractivity contribution in [2.75, 3.05) is 26.3 Å². The standard InChI is InChI=1S/C50H51ClN6O8/c1-29-44(30(2)54(3)53-29)37-15-7-13-34-35(16-9-25-64-41-17-6-11-32-10-4-5-12-33(32)41)46(50(62)63)56(45(34)37)24-21-31-19-22-55(23-20-31)43(58)28-65-42-18-8-14-36-38(42)27-57(49(36)61)40-26-39(51)47(59)52-48(40)60/h4-8,10-15,17-18,31,39-40H,9,16,19-28H2,1-3H3,(H,62,63)(H,52,59,60). The molecule has 6 aromatic rings. The zero-order chi connectivity index (χ0) is 45.5. The molecule has 9 rings (SSSR count). The fourth-order valence-corrected chi connectivity index (χ4v) is 10.2. The molecular formula is C50H51ClN6O8. The molecule has 0 radical (unpaired) electrons. The Kier molecular flexibility index (Phi) is 12.1. The van der Waals surface area contributed by atoms with E-state index in [0.29, 0.717) is 61.7 Å². The van der Waals surface area contributed by atoms with Crippen LogP contribution < -0.4 is 14.8 Å². The SMILES string of the molecule is Cc1nn(C)c(C)c1-c1cccc2c(CCCOc3cccc4ccccc34)c(C(=O)O)n(CCC3CCN(C(=O)COc4cccc5c4CN(C4CC(Cl)C(=O)NC4=O)C5=O)CC3)c12. The minimum Gasteiger partial charge on any atom is -0.493 e. The molecule has 5 heterocycles. The number of fused-ring (bicyclic) bond motifs is 3. The van der Waals surface area contributed by atoms with Crippen LogP contribution in [-0.4, -0.2) is 96.6 Å². The van der Waals surface area contributed by atoms with Crippen LogP contribution in [0.5, 0.6) is 11.5 Å². The van der Waals surface area contributed by atoms with Gasteiger partial charge in [0.2, 0.25) is 11.8 Å². The molecular weight excluding hydrogens is 848 g/mol. The van der Waals surface area contributed by atoms with Crippen LogP contribution in [0.3, 0.4) is 0 Å². The quantitative estimate of drug-likeness (QED) is 0.0653. The van der Waals surface area contributed by atoms with Crippen molar-refractivity contribution in [2.24, 2.45) is 13.0 Å². The Morgan fingerprint density at radius 2 is 1.58 bits per heavy atom. The average Bonchev–Trinajstić information content (AvgIpc) is 3.91. The van der Waals surface area contributed by atoms with Crippen molar-refractivity contribution in [2.45, 2.75) is 76.9 Å². The van der Waals surface area contributed by atoms with E-state index in [-0.39, 0.29) is 37.3 Å². The van der Waals surface area contributed by atoms with Crippen LogP contribution >= 0.6 is 11.6 Å². The number of hydrogen-bond acceptors (Lipinski definition) is 8. The normalized spacial score (nSPS) is 17.8. The van der Waals surface area contributed by atoms with Crippen molar-refractivity contribution >= 4 is 62.9 Å². The van der Waals surface area contributed by atoms with E-state index in [0.717, 1.165) is 74.8 Å². The summed E-state index contributed by atoms with van der Waals surface area (Å²) in [6.07, 6.45) is 3.37. The Bertz CT molecular complexity index is 2870. The Balaban J connectivity index is 0.878. The lowest BCUT2D eigenvalue weighted by Crippen LogP contribution is -2.56. The number of carbonyl (C=O) groups excluding carboxylic acids is 4. The molecule has 2 atom stereocenters. The van der Waals surface area contributed by atoms with E-state index in [2.05, 4.69) is 23.5 Å². The summed E-state index contributed by atoms with van der Waals surface area (Å²) in [5.41, 5.74) is 6.74. The van der Waals surface area contributed by atoms with Gasteiger partial charge in [0.15, 0.2) is 6.61 Å². The summed E-state index contributed by atoms with van der Waals surface area (Å²) in [6.45, 7) is 5.86. The van der Waals surface area contributed by atoms with Crippen molar-refractivity contribution in [1.29, 1.82) is 0 Å². The molecule has 4 aromatic carbocycles. The summed E-state index contributed by atoms with van der Waals surface area (Å²) in [5, 5.41) is 20.0. The number of amides is 4. The van der Waals surface area contributed by atoms with Crippen LogP contribution in [0.1, 0.15) is 75.5 Å². The molecule has 0 bridgehead atoms. The predicted molar refractivity (Wildman–Crippen MR) is 245 cm³/mol. The van der Waals surface area contributed by atoms with E-state index < -0.39 is 29.2 Å². The highest BCUT2D eigenvalue weighted by Gasteiger charge is 2.43. The van der Waals surface area contributed by atoms with Crippen LogP contribution in [0, 0.1) is 19.8 Å². The summed E-state index contributed by atoms with van der Waals surface area (Å²) < 4.78 is 16.2. The van der Waals surface area contributed by atoms with Gasteiger partial charge in [0.05, 0.1) is 24.4 Å². The van der Waals surface area contributed by atoms with Gasteiger partial charge >= 0.3 is 5.97 Å². The third-order valence-corrected chi connectivity index (χ3v) is 13.8. The van der Waals surface area contributed by atoms with E-state index in [4.69, 9.17) is 26.2 Å². The number of piperidine rings is 2. The maximum absolute atomic E-state index is 13.5. The fourth-order valence-electron chi connectivity index (χ4n) is 10.0. The van der Waals surface area contributed by atoms with Crippen LogP contribution in [0.25, 0.3) is 32.8 Å². The monoisotopic (exact) mass is 898 g/mol. The Morgan fingerprint density at radius 1 is 0.877 bits per heavy atom. The number of aryl methyl sites for hydroxylation is 4. The molecule has 0 spiro atoms. The number of imide groups is 1. The molecule has 2 saturated heterocycles. The molecule has 2 unspecified atom stereocenters. The van der Waals surface area contributed by atoms with E-state index in [1.165, 1.54) is 4.90 Å². The van der Waals surface area contributed by atoms with Crippen molar-refractivity contribution in [3.8, 4) is 22.6 Å². The van der Waals surface area contributed by atoms with Gasteiger partial charge in [0.25, 0.3) is 11.8 Å². The van der Waals surface area contributed by atoms with Gasteiger partial charge in [-0.3, -0.25) is 29.2 Å². The summed E-state index contributed by atoms with van der Waals surface area (Å²) in [6, 6.07) is 24.3. The number of ether oxygens (including phenoxy) is 2. The molecule has 15 heteroatoms. The molecule has 65 heavy (non-hydrogen) atoms. The van der Waals surface area contributed by atoms with Gasteiger partial charge in [-0.2, -0.15) is 5.10 Å². The van der Waals surface area contributed by atoms with Gasteiger partial charge in [-0.15, -0.1) is 11.6 Å². The second kappa shape index (κ2) is 18.1. The number of para-hydroxylation sites is 1. The topological polar surface area (TPSA) is 165 Å². The van der Waals surface area contributed by atoms with Crippen molar-refractivity contribution < 1.29 is 38.6 Å². The van der Waals surface area contributed by atoms with Crippen LogP contribution in [0.4, 0.5) is 0 Å². The molecule has 0 aliphatic carbocycles. The highest BCUT2D eigenvalue weighted by molar-refractivity contribution is 6.33. The number of carboxylic acids is 1. The van der Waals surface area contributed by atoms with Gasteiger partial charge < -0.3 is 28.9 Å². The van der Waals surface area contributed by atoms with Crippen molar-refractivity contribution in [3.63, 3.8) is 0 Å². The van der Waals surface area contributed by atoms with Gasteiger partial charge in [0, 0.05) is 71.8 Å². The van der Waals surface area contributed by atoms with Crippen LogP contribution in [0.15, 0.2) is 78.9 Å². The number of hydrogen-bond donors (Lipinski definition) is 2. The lowest BCUT2D eigenvalue weighted by atomic mass is 9.93. The Morgan fingerprint density at radius 3 is 2.35 bits per heavy atom. The van der Waals surface area contributed by atoms with Gasteiger partial charge in [-0.1, -0.05) is 60.7 Å². The first-order valence-corrected chi connectivity index (χ1v) is 22.6. The second-order valence-corrected chi connectivity index (χ2v) is 17.8. The van der Waals surface area contributed by atoms with Crippen LogP contribution in [0.2, 0.25) is 0 Å². The molecule has 336 valence electrons. The molecule has 3 aliphatic rings. The summed E-state index contributed by atoms with van der Waals surface area (Å²) >= 11 is 6.13. The number of carbonyl (C=O) groups is 5. The maximum atomic E-state index is 13.5. The average molecular weight is 899 g/mol. The van der Waals surface area contributed by atoms with E-state index in [1.54, 1.807) is 23.1 Å². The molecule has 3 aliphatic heterocycles. The number of nitrogens with zero attached hydrogens (tertiary/aromatic N) is 5. The van der Waals surface area contributed by atoms with Crippen molar-refractivity contribution in [1.82, 2.24) is 29.5 Å². The minimum absolute atomic E-state index is 0.00966. The molecule has 2 N–H and O–H groups in total. The fraction of sp³-hybridized carbons (Fsp3) is 0.360. The summed E-state index contributed by atoms with van der Waals surface area (Å²) in [5.74, 6) is -1.23. The zero-order valence-electron chi connectivity index (χ0n) is 36.6. The summed E-state index contributed by atoms with van der Waals surface area (Å²) in [4.78, 5) is 68.0. The third kappa shape index (κ3) is 8.31. The molecule has 0 saturated carbocycles. The third-order valence-electron chi connectivity index (χ3n) is 13.4. The van der Waals surface area contributed by atoms with Crippen LogP contribution in [-0.2, 0) is 40.9 Å². The Hall–Kier alpha value is -6.67. The first kappa shape index (κ1) is 43.6. The van der Waals surface area contributed by atoms with Crippen molar-refractivity contribution in [3.05, 3.63) is 113 Å². The summed E-state index contributed by atoms with van der Waals surface area (Å²) in [7, 11) is 1.92. The first-order valence-electron chi connectivity index (χ1n) is 22.2. The largest absolute Gasteiger partial charge is 0.493 e. The smallest absolute Gasteiger partial charge is 0.352 e. The maximum Gasteiger partial charge on any atom is 0.352 e. The number of aromatic nitrogens is 3. The number of alkyl halides is 1. The number of aromatic carboxylic acids is 1. The highest BCUT2D eigenvalue weighted by atomic mass is 35.5. The highest BCUT2D eigenvalue weighted by Crippen LogP contribution is 2.39. The van der Waals surface area contributed by atoms with Gasteiger partial charge in [0.1, 0.15) is 28.6 Å². The van der Waals surface area contributed by atoms with E-state index in [1.807, 2.05) is 72.6 Å². The van der Waals surface area contributed by atoms with E-state index >= 15 is 0 Å². The molecule has 14 nitrogen and oxygen atoms in total. The zero-order valence-corrected chi connectivity index (χ0v) is 37.4. The second-order valence-electron chi connectivity index (χ2n) is 17.3. The predicted octanol–water partition coefficient (Wildman–Crippen LogP) is 7.21. The lowest BCUT2D eigenvalue weighted by Gasteiger charge is -2.32. The first-order chi connectivity index (χ1) is 31.4. The molecule has 2 aromatic heterocycles. The number of halogens is 1. The number of likely N-dealkylation sites (tertiary alicyclic amines) is 1.